The molecule has 0 saturated carbocycles. The van der Waals surface area contributed by atoms with Crippen molar-refractivity contribution in [2.45, 2.75) is 6.54 Å². The molecule has 0 amide bonds. The number of aromatic nitrogens is 2. The topological polar surface area (TPSA) is 59.4 Å². The molecule has 5 nitrogen and oxygen atoms in total. The van der Waals surface area contributed by atoms with Crippen molar-refractivity contribution in [3.63, 3.8) is 0 Å². The second-order valence-electron chi connectivity index (χ2n) is 5.07. The number of rotatable bonds is 6. The highest BCUT2D eigenvalue weighted by Crippen LogP contribution is 2.15. The first-order chi connectivity index (χ1) is 12.2. The van der Waals surface area contributed by atoms with Crippen molar-refractivity contribution in [1.29, 1.82) is 0 Å². The predicted octanol–water partition coefficient (Wildman–Crippen LogP) is 4.29. The second kappa shape index (κ2) is 8.21. The normalized spacial score (nSPS) is 10.8. The molecule has 126 valence electrons. The van der Waals surface area contributed by atoms with E-state index in [2.05, 4.69) is 20.4 Å². The van der Waals surface area contributed by atoms with Gasteiger partial charge in [0.1, 0.15) is 0 Å². The lowest BCUT2D eigenvalue weighted by molar-refractivity contribution is 0.314. The summed E-state index contributed by atoms with van der Waals surface area (Å²) in [5, 5.41) is 7.33. The Balaban J connectivity index is 1.63. The number of nitrogens with one attached hydrogen (secondary N) is 1. The van der Waals surface area contributed by atoms with Gasteiger partial charge in [0, 0.05) is 11.6 Å². The third-order valence-electron chi connectivity index (χ3n) is 3.23. The summed E-state index contributed by atoms with van der Waals surface area (Å²) < 4.78 is 13.8. The summed E-state index contributed by atoms with van der Waals surface area (Å²) in [6, 6.07) is 16.6. The first-order valence-electron chi connectivity index (χ1n) is 7.47. The SMILES string of the molecule is Fc1cnc(ON=Cc2ccc(Cl)cc2)nc1NCc1ccccc1. The van der Waals surface area contributed by atoms with Crippen molar-refractivity contribution in [3.8, 4) is 6.01 Å². The van der Waals surface area contributed by atoms with Gasteiger partial charge in [-0.1, -0.05) is 59.2 Å². The molecule has 0 atom stereocenters. The van der Waals surface area contributed by atoms with E-state index in [9.17, 15) is 4.39 Å². The Bertz CT molecular complexity index is 857. The van der Waals surface area contributed by atoms with E-state index in [-0.39, 0.29) is 11.8 Å². The average Bonchev–Trinajstić information content (AvgIpc) is 2.64. The molecule has 1 heterocycles. The zero-order valence-electron chi connectivity index (χ0n) is 13.1. The van der Waals surface area contributed by atoms with Crippen LogP contribution >= 0.6 is 11.6 Å². The van der Waals surface area contributed by atoms with Crippen molar-refractivity contribution in [3.05, 3.63) is 82.8 Å². The first kappa shape index (κ1) is 16.9. The van der Waals surface area contributed by atoms with Gasteiger partial charge in [0.2, 0.25) is 0 Å². The molecule has 2 aromatic carbocycles. The van der Waals surface area contributed by atoms with Crippen LogP contribution in [0.5, 0.6) is 6.01 Å². The summed E-state index contributed by atoms with van der Waals surface area (Å²) in [5.41, 5.74) is 1.80. The van der Waals surface area contributed by atoms with Crippen LogP contribution in [-0.2, 0) is 6.54 Å². The molecule has 1 N–H and O–H groups in total. The van der Waals surface area contributed by atoms with E-state index in [4.69, 9.17) is 16.4 Å². The number of hydrogen-bond acceptors (Lipinski definition) is 5. The number of hydrogen-bond donors (Lipinski definition) is 1. The van der Waals surface area contributed by atoms with E-state index in [1.807, 2.05) is 30.3 Å². The number of anilines is 1. The molecular formula is C18H14ClFN4O. The van der Waals surface area contributed by atoms with Gasteiger partial charge in [0.05, 0.1) is 12.4 Å². The Morgan fingerprint density at radius 1 is 1.12 bits per heavy atom. The third-order valence-corrected chi connectivity index (χ3v) is 3.48. The zero-order valence-corrected chi connectivity index (χ0v) is 13.8. The summed E-state index contributed by atoms with van der Waals surface area (Å²) in [4.78, 5) is 12.8. The van der Waals surface area contributed by atoms with Crippen molar-refractivity contribution < 1.29 is 9.23 Å². The molecule has 0 saturated heterocycles. The van der Waals surface area contributed by atoms with Gasteiger partial charge in [-0.25, -0.2) is 4.39 Å². The van der Waals surface area contributed by atoms with E-state index < -0.39 is 5.82 Å². The lowest BCUT2D eigenvalue weighted by Crippen LogP contribution is -2.05. The second-order valence-corrected chi connectivity index (χ2v) is 5.50. The Hall–Kier alpha value is -2.99. The van der Waals surface area contributed by atoms with Crippen LogP contribution in [0.25, 0.3) is 0 Å². The zero-order chi connectivity index (χ0) is 17.5. The highest BCUT2D eigenvalue weighted by Gasteiger charge is 2.07. The van der Waals surface area contributed by atoms with Crippen molar-refractivity contribution >= 4 is 23.6 Å². The Kier molecular flexibility index (Phi) is 5.53. The molecule has 25 heavy (non-hydrogen) atoms. The highest BCUT2D eigenvalue weighted by molar-refractivity contribution is 6.30. The molecule has 1 aromatic heterocycles. The molecule has 0 aliphatic heterocycles. The van der Waals surface area contributed by atoms with Gasteiger partial charge in [0.25, 0.3) is 0 Å². The van der Waals surface area contributed by atoms with Gasteiger partial charge < -0.3 is 10.2 Å². The summed E-state index contributed by atoms with van der Waals surface area (Å²) in [6.45, 7) is 0.433. The van der Waals surface area contributed by atoms with Crippen LogP contribution in [0.3, 0.4) is 0 Å². The minimum Gasteiger partial charge on any atom is -0.363 e. The molecule has 0 aliphatic rings. The average molecular weight is 357 g/mol. The van der Waals surface area contributed by atoms with E-state index in [1.165, 1.54) is 6.21 Å². The molecule has 7 heteroatoms. The minimum absolute atomic E-state index is 0.0514. The fourth-order valence-electron chi connectivity index (χ4n) is 1.98. The largest absolute Gasteiger partial charge is 0.363 e. The van der Waals surface area contributed by atoms with E-state index in [0.29, 0.717) is 11.6 Å². The van der Waals surface area contributed by atoms with Gasteiger partial charge in [0.15, 0.2) is 11.6 Å². The van der Waals surface area contributed by atoms with Crippen LogP contribution in [0, 0.1) is 5.82 Å². The number of benzene rings is 2. The van der Waals surface area contributed by atoms with E-state index in [1.54, 1.807) is 24.3 Å². The van der Waals surface area contributed by atoms with Crippen molar-refractivity contribution in [1.82, 2.24) is 9.97 Å². The van der Waals surface area contributed by atoms with Crippen LogP contribution in [-0.4, -0.2) is 16.2 Å². The molecule has 0 fully saturated rings. The van der Waals surface area contributed by atoms with Crippen LogP contribution in [0.15, 0.2) is 65.9 Å². The van der Waals surface area contributed by atoms with Crippen LogP contribution in [0.2, 0.25) is 5.02 Å². The van der Waals surface area contributed by atoms with E-state index >= 15 is 0 Å². The molecule has 0 aliphatic carbocycles. The quantitative estimate of drug-likeness (QED) is 0.528. The molecule has 0 radical (unpaired) electrons. The molecular weight excluding hydrogens is 343 g/mol. The van der Waals surface area contributed by atoms with Gasteiger partial charge >= 0.3 is 6.01 Å². The van der Waals surface area contributed by atoms with Gasteiger partial charge in [-0.3, -0.25) is 0 Å². The standard InChI is InChI=1S/C18H14ClFN4O/c19-15-8-6-14(7-9-15)11-23-25-18-22-12-16(20)17(24-18)21-10-13-4-2-1-3-5-13/h1-9,11-12H,10H2,(H,21,22,24). The first-order valence-corrected chi connectivity index (χ1v) is 7.85. The Morgan fingerprint density at radius 2 is 1.88 bits per heavy atom. The summed E-state index contributed by atoms with van der Waals surface area (Å²) in [7, 11) is 0. The summed E-state index contributed by atoms with van der Waals surface area (Å²) >= 11 is 5.81. The number of halogens is 2. The molecule has 0 bridgehead atoms. The monoisotopic (exact) mass is 356 g/mol. The predicted molar refractivity (Wildman–Crippen MR) is 95.4 cm³/mol. The maximum atomic E-state index is 13.8. The van der Waals surface area contributed by atoms with Gasteiger partial charge in [-0.2, -0.15) is 9.97 Å². The maximum Gasteiger partial charge on any atom is 0.347 e. The molecule has 3 rings (SSSR count). The van der Waals surface area contributed by atoms with Crippen LogP contribution in [0.1, 0.15) is 11.1 Å². The maximum absolute atomic E-state index is 13.8. The summed E-state index contributed by atoms with van der Waals surface area (Å²) in [5.74, 6) is -0.513. The van der Waals surface area contributed by atoms with Crippen LogP contribution < -0.4 is 10.2 Å². The summed E-state index contributed by atoms with van der Waals surface area (Å²) in [6.07, 6.45) is 2.52. The van der Waals surface area contributed by atoms with E-state index in [0.717, 1.165) is 17.3 Å². The number of oxime groups is 1. The lowest BCUT2D eigenvalue weighted by Gasteiger charge is -2.07. The third kappa shape index (κ3) is 4.99. The van der Waals surface area contributed by atoms with Crippen molar-refractivity contribution in [2.24, 2.45) is 5.16 Å². The lowest BCUT2D eigenvalue weighted by atomic mass is 10.2. The van der Waals surface area contributed by atoms with Crippen molar-refractivity contribution in [2.75, 3.05) is 5.32 Å². The minimum atomic E-state index is -0.565. The molecule has 0 spiro atoms. The molecule has 0 unspecified atom stereocenters. The number of nitrogens with zero attached hydrogens (tertiary/aromatic N) is 3. The highest BCUT2D eigenvalue weighted by atomic mass is 35.5. The fraction of sp³-hybridized carbons (Fsp3) is 0.0556. The molecule has 3 aromatic rings. The smallest absolute Gasteiger partial charge is 0.347 e. The Morgan fingerprint density at radius 3 is 2.64 bits per heavy atom. The fourth-order valence-corrected chi connectivity index (χ4v) is 2.11. The Labute approximate surface area is 149 Å². The van der Waals surface area contributed by atoms with Gasteiger partial charge in [-0.05, 0) is 23.3 Å². The van der Waals surface area contributed by atoms with Gasteiger partial charge in [-0.15, -0.1) is 0 Å². The van der Waals surface area contributed by atoms with Crippen LogP contribution in [0.4, 0.5) is 10.2 Å².